The fraction of sp³-hybridized carbons (Fsp3) is 0.261. The van der Waals surface area contributed by atoms with Crippen molar-refractivity contribution in [3.63, 3.8) is 0 Å². The summed E-state index contributed by atoms with van der Waals surface area (Å²) in [6, 6.07) is 10.4. The number of carbonyl (C=O) groups excluding carboxylic acids is 1. The molecule has 178 valence electrons. The van der Waals surface area contributed by atoms with Crippen molar-refractivity contribution in [3.05, 3.63) is 75.8 Å². The number of hydrogen-bond donors (Lipinski definition) is 2. The van der Waals surface area contributed by atoms with E-state index in [1.165, 1.54) is 24.3 Å². The van der Waals surface area contributed by atoms with Crippen molar-refractivity contribution in [2.45, 2.75) is 18.9 Å². The van der Waals surface area contributed by atoms with Gasteiger partial charge in [-0.3, -0.25) is 9.59 Å². The lowest BCUT2D eigenvalue weighted by molar-refractivity contribution is -0.140. The number of ether oxygens (including phenoxy) is 2. The molecule has 3 N–H and O–H groups in total. The topological polar surface area (TPSA) is 111 Å². The van der Waals surface area contributed by atoms with Crippen LogP contribution in [-0.4, -0.2) is 42.2 Å². The van der Waals surface area contributed by atoms with E-state index in [-0.39, 0.29) is 23.8 Å². The number of H-pyrrole nitrogens is 1. The molecule has 0 atom stereocenters. The molecule has 1 aromatic carbocycles. The second-order valence-electron chi connectivity index (χ2n) is 7.76. The first-order chi connectivity index (χ1) is 16.2. The molecule has 1 aliphatic heterocycles. The molecule has 1 aliphatic rings. The van der Waals surface area contributed by atoms with Crippen molar-refractivity contribution in [1.82, 2.24) is 9.97 Å². The quantitative estimate of drug-likeness (QED) is 0.545. The molecule has 11 heteroatoms. The number of anilines is 1. The zero-order valence-electron chi connectivity index (χ0n) is 18.1. The number of pyridine rings is 2. The Morgan fingerprint density at radius 2 is 1.91 bits per heavy atom. The van der Waals surface area contributed by atoms with Gasteiger partial charge in [0.2, 0.25) is 0 Å². The number of aromatic nitrogens is 2. The summed E-state index contributed by atoms with van der Waals surface area (Å²) in [5.41, 5.74) is 2.68. The van der Waals surface area contributed by atoms with Gasteiger partial charge in [-0.1, -0.05) is 18.2 Å². The smallest absolute Gasteiger partial charge is 0.431 e. The third-order valence-corrected chi connectivity index (χ3v) is 5.48. The van der Waals surface area contributed by atoms with Crippen molar-refractivity contribution < 1.29 is 27.4 Å². The second kappa shape index (κ2) is 9.18. The largest absolute Gasteiger partial charge is 0.489 e. The van der Waals surface area contributed by atoms with E-state index in [0.29, 0.717) is 5.75 Å². The minimum atomic E-state index is -4.83. The van der Waals surface area contributed by atoms with Crippen LogP contribution in [0.1, 0.15) is 21.6 Å². The fourth-order valence-corrected chi connectivity index (χ4v) is 3.53. The van der Waals surface area contributed by atoms with Crippen LogP contribution in [0.5, 0.6) is 5.75 Å². The fourth-order valence-electron chi connectivity index (χ4n) is 3.53. The highest BCUT2D eigenvalue weighted by atomic mass is 19.4. The number of hydrogen-bond acceptors (Lipinski definition) is 6. The van der Waals surface area contributed by atoms with Crippen LogP contribution in [0, 0.1) is 0 Å². The summed E-state index contributed by atoms with van der Waals surface area (Å²) in [4.78, 5) is 31.5. The first-order valence-electron chi connectivity index (χ1n) is 10.3. The third kappa shape index (κ3) is 4.88. The van der Waals surface area contributed by atoms with Gasteiger partial charge in [-0.05, 0) is 29.8 Å². The highest BCUT2D eigenvalue weighted by Gasteiger charge is 2.36. The number of nitrogens with two attached hydrogens (primary N) is 1. The Balaban J connectivity index is 1.47. The Morgan fingerprint density at radius 1 is 1.21 bits per heavy atom. The highest BCUT2D eigenvalue weighted by Crippen LogP contribution is 2.35. The molecule has 2 aromatic heterocycles. The Hall–Kier alpha value is -3.86. The van der Waals surface area contributed by atoms with Gasteiger partial charge in [-0.15, -0.1) is 0 Å². The SMILES string of the molecule is COC1CN(c2ccc(COc3ccc(-c4cc(C(N)=O)c(=O)[nH]c4C(F)(F)F)cc3)cn2)C1. The Bertz CT molecular complexity index is 1240. The van der Waals surface area contributed by atoms with Gasteiger partial charge >= 0.3 is 6.18 Å². The number of carbonyl (C=O) groups is 1. The van der Waals surface area contributed by atoms with Crippen LogP contribution in [0.3, 0.4) is 0 Å². The molecule has 0 spiro atoms. The van der Waals surface area contributed by atoms with Gasteiger partial charge in [-0.25, -0.2) is 4.98 Å². The zero-order chi connectivity index (χ0) is 24.5. The lowest BCUT2D eigenvalue weighted by Crippen LogP contribution is -2.52. The van der Waals surface area contributed by atoms with Gasteiger partial charge in [0.05, 0.1) is 6.10 Å². The normalized spacial score (nSPS) is 14.1. The van der Waals surface area contributed by atoms with Crippen molar-refractivity contribution in [3.8, 4) is 16.9 Å². The number of alkyl halides is 3. The minimum Gasteiger partial charge on any atom is -0.489 e. The molecule has 1 amide bonds. The second-order valence-corrected chi connectivity index (χ2v) is 7.76. The molecule has 1 saturated heterocycles. The maximum absolute atomic E-state index is 13.5. The molecule has 4 rings (SSSR count). The average Bonchev–Trinajstić information content (AvgIpc) is 2.77. The molecule has 0 unspecified atom stereocenters. The van der Waals surface area contributed by atoms with E-state index >= 15 is 0 Å². The van der Waals surface area contributed by atoms with Crippen LogP contribution in [0.15, 0.2) is 53.5 Å². The first kappa shape index (κ1) is 23.3. The van der Waals surface area contributed by atoms with Crippen LogP contribution in [0.4, 0.5) is 19.0 Å². The summed E-state index contributed by atoms with van der Waals surface area (Å²) in [6.07, 6.45) is -2.91. The molecular weight excluding hydrogens is 453 g/mol. The first-order valence-corrected chi connectivity index (χ1v) is 10.3. The molecule has 1 fully saturated rings. The summed E-state index contributed by atoms with van der Waals surface area (Å²) in [5.74, 6) is 0.146. The van der Waals surface area contributed by atoms with Gasteiger partial charge < -0.3 is 25.1 Å². The summed E-state index contributed by atoms with van der Waals surface area (Å²) in [5, 5.41) is 0. The van der Waals surface area contributed by atoms with Crippen LogP contribution < -0.4 is 20.9 Å². The van der Waals surface area contributed by atoms with E-state index in [2.05, 4.69) is 9.88 Å². The van der Waals surface area contributed by atoms with E-state index in [1.807, 2.05) is 12.1 Å². The number of benzene rings is 1. The monoisotopic (exact) mass is 474 g/mol. The van der Waals surface area contributed by atoms with E-state index in [4.69, 9.17) is 15.2 Å². The molecule has 34 heavy (non-hydrogen) atoms. The number of nitrogens with one attached hydrogen (secondary N) is 1. The molecule has 0 saturated carbocycles. The molecule has 0 radical (unpaired) electrons. The van der Waals surface area contributed by atoms with Crippen molar-refractivity contribution in [1.29, 1.82) is 0 Å². The van der Waals surface area contributed by atoms with E-state index in [0.717, 1.165) is 30.5 Å². The summed E-state index contributed by atoms with van der Waals surface area (Å²) >= 11 is 0. The van der Waals surface area contributed by atoms with Gasteiger partial charge in [0, 0.05) is 37.5 Å². The molecule has 0 bridgehead atoms. The molecular formula is C23H21F3N4O4. The number of methoxy groups -OCH3 is 1. The van der Waals surface area contributed by atoms with Crippen LogP contribution in [0.25, 0.3) is 11.1 Å². The predicted octanol–water partition coefficient (Wildman–Crippen LogP) is 2.97. The number of rotatable bonds is 7. The number of halogens is 3. The van der Waals surface area contributed by atoms with Crippen LogP contribution >= 0.6 is 0 Å². The molecule has 3 aromatic rings. The number of aromatic amines is 1. The van der Waals surface area contributed by atoms with Gasteiger partial charge in [0.15, 0.2) is 0 Å². The number of nitrogens with zero attached hydrogens (tertiary/aromatic N) is 2. The Labute approximate surface area is 192 Å². The van der Waals surface area contributed by atoms with Crippen LogP contribution in [0.2, 0.25) is 0 Å². The van der Waals surface area contributed by atoms with Crippen molar-refractivity contribution >= 4 is 11.7 Å². The molecule has 8 nitrogen and oxygen atoms in total. The van der Waals surface area contributed by atoms with Gasteiger partial charge in [-0.2, -0.15) is 13.2 Å². The van der Waals surface area contributed by atoms with E-state index in [1.54, 1.807) is 18.3 Å². The average molecular weight is 474 g/mol. The summed E-state index contributed by atoms with van der Waals surface area (Å²) in [6.45, 7) is 1.79. The van der Waals surface area contributed by atoms with E-state index < -0.39 is 28.9 Å². The molecule has 3 heterocycles. The third-order valence-electron chi connectivity index (χ3n) is 5.48. The highest BCUT2D eigenvalue weighted by molar-refractivity contribution is 5.94. The van der Waals surface area contributed by atoms with Gasteiger partial charge in [0.25, 0.3) is 11.5 Å². The van der Waals surface area contributed by atoms with Crippen LogP contribution in [-0.2, 0) is 17.5 Å². The molecule has 0 aliphatic carbocycles. The van der Waals surface area contributed by atoms with Crippen molar-refractivity contribution in [2.24, 2.45) is 5.73 Å². The lowest BCUT2D eigenvalue weighted by atomic mass is 10.0. The summed E-state index contributed by atoms with van der Waals surface area (Å²) in [7, 11) is 1.68. The number of amides is 1. The van der Waals surface area contributed by atoms with E-state index in [9.17, 15) is 22.8 Å². The predicted molar refractivity (Wildman–Crippen MR) is 118 cm³/mol. The summed E-state index contributed by atoms with van der Waals surface area (Å²) < 4.78 is 51.3. The number of primary amides is 1. The van der Waals surface area contributed by atoms with Gasteiger partial charge in [0.1, 0.15) is 29.4 Å². The maximum Gasteiger partial charge on any atom is 0.431 e. The Kier molecular flexibility index (Phi) is 6.29. The Morgan fingerprint density at radius 3 is 2.47 bits per heavy atom. The maximum atomic E-state index is 13.5. The standard InChI is InChI=1S/C23H21F3N4O4/c1-33-16-10-30(11-16)19-7-2-13(9-28-19)12-34-15-5-3-14(4-6-15)17-8-18(21(27)31)22(32)29-20(17)23(24,25)26/h2-9,16H,10-12H2,1H3,(H2,27,31)(H,29,32). The van der Waals surface area contributed by atoms with Crippen molar-refractivity contribution in [2.75, 3.05) is 25.1 Å². The zero-order valence-corrected chi connectivity index (χ0v) is 18.1. The lowest BCUT2D eigenvalue weighted by Gasteiger charge is -2.39. The minimum absolute atomic E-state index is 0.133.